The lowest BCUT2D eigenvalue weighted by Crippen LogP contribution is -2.26. The van der Waals surface area contributed by atoms with Crippen molar-refractivity contribution in [3.63, 3.8) is 0 Å². The van der Waals surface area contributed by atoms with Crippen LogP contribution in [0.1, 0.15) is 49.2 Å². The zero-order chi connectivity index (χ0) is 17.5. The Morgan fingerprint density at radius 2 is 2.04 bits per heavy atom. The lowest BCUT2D eigenvalue weighted by Gasteiger charge is -2.31. The summed E-state index contributed by atoms with van der Waals surface area (Å²) in [5.41, 5.74) is -0.327. The first-order valence-corrected chi connectivity index (χ1v) is 7.66. The zero-order valence-corrected chi connectivity index (χ0v) is 13.3. The summed E-state index contributed by atoms with van der Waals surface area (Å²) in [5, 5.41) is 6.74. The number of aromatic nitrogens is 3. The van der Waals surface area contributed by atoms with Crippen LogP contribution in [0.3, 0.4) is 0 Å². The van der Waals surface area contributed by atoms with Gasteiger partial charge in [-0.1, -0.05) is 18.2 Å². The Morgan fingerprint density at radius 1 is 1.33 bits per heavy atom. The maximum Gasteiger partial charge on any atom is 0.416 e. The molecule has 1 aromatic heterocycles. The molecule has 0 aliphatic carbocycles. The molecule has 5 nitrogen and oxygen atoms in total. The molecular weight excluding hydrogens is 321 g/mol. The van der Waals surface area contributed by atoms with Crippen LogP contribution in [-0.2, 0) is 17.4 Å². The van der Waals surface area contributed by atoms with Gasteiger partial charge in [-0.15, -0.1) is 5.10 Å². The van der Waals surface area contributed by atoms with Gasteiger partial charge in [0, 0.05) is 19.3 Å². The molecule has 8 heteroatoms. The highest BCUT2D eigenvalue weighted by Crippen LogP contribution is 2.42. The number of benzene rings is 1. The Balaban J connectivity index is 1.96. The topological polar surface area (TPSA) is 59.8 Å². The number of fused-ring (bicyclic) bond motifs is 1. The second kappa shape index (κ2) is 5.92. The SMILES string of the molecule is CC(=O)Nc1nc2n(n1)C(C)C(c1ccccc1C(F)(F)F)CC2. The van der Waals surface area contributed by atoms with Crippen LogP contribution in [0.25, 0.3) is 0 Å². The Kier molecular flexibility index (Phi) is 4.06. The number of halogens is 3. The lowest BCUT2D eigenvalue weighted by molar-refractivity contribution is -0.138. The van der Waals surface area contributed by atoms with E-state index in [1.54, 1.807) is 10.7 Å². The summed E-state index contributed by atoms with van der Waals surface area (Å²) in [4.78, 5) is 15.4. The van der Waals surface area contributed by atoms with Gasteiger partial charge in [-0.25, -0.2) is 4.68 Å². The van der Waals surface area contributed by atoms with E-state index < -0.39 is 11.7 Å². The molecule has 3 rings (SSSR count). The quantitative estimate of drug-likeness (QED) is 0.911. The van der Waals surface area contributed by atoms with Crippen LogP contribution in [0.15, 0.2) is 24.3 Å². The van der Waals surface area contributed by atoms with Gasteiger partial charge in [-0.3, -0.25) is 10.1 Å². The van der Waals surface area contributed by atoms with Gasteiger partial charge in [-0.05, 0) is 25.0 Å². The predicted molar refractivity (Wildman–Crippen MR) is 81.5 cm³/mol. The van der Waals surface area contributed by atoms with E-state index in [1.807, 2.05) is 6.92 Å². The van der Waals surface area contributed by atoms with Crippen molar-refractivity contribution in [3.8, 4) is 0 Å². The molecule has 0 bridgehead atoms. The van der Waals surface area contributed by atoms with Crippen LogP contribution in [0.5, 0.6) is 0 Å². The summed E-state index contributed by atoms with van der Waals surface area (Å²) in [6.45, 7) is 3.18. The van der Waals surface area contributed by atoms with E-state index >= 15 is 0 Å². The average Bonchev–Trinajstić information content (AvgIpc) is 2.89. The highest BCUT2D eigenvalue weighted by atomic mass is 19.4. The Hall–Kier alpha value is -2.38. The van der Waals surface area contributed by atoms with Crippen LogP contribution < -0.4 is 5.32 Å². The fourth-order valence-corrected chi connectivity index (χ4v) is 3.25. The fourth-order valence-electron chi connectivity index (χ4n) is 3.25. The first-order chi connectivity index (χ1) is 11.3. The molecule has 1 aliphatic rings. The fraction of sp³-hybridized carbons (Fsp3) is 0.438. The third-order valence-electron chi connectivity index (χ3n) is 4.30. The summed E-state index contributed by atoms with van der Waals surface area (Å²) in [6.07, 6.45) is -3.33. The standard InChI is InChI=1S/C16H17F3N4O/c1-9-11(12-5-3-4-6-13(12)16(17,18)19)7-8-14-21-15(20-10(2)24)22-23(9)14/h3-6,9,11H,7-8H2,1-2H3,(H,20,22,24). The minimum atomic E-state index is -4.39. The summed E-state index contributed by atoms with van der Waals surface area (Å²) >= 11 is 0. The number of carbonyl (C=O) groups is 1. The summed E-state index contributed by atoms with van der Waals surface area (Å²) in [5.74, 6) is 0.257. The second-order valence-corrected chi connectivity index (χ2v) is 5.95. The molecule has 0 radical (unpaired) electrons. The van der Waals surface area contributed by atoms with Crippen LogP contribution in [0, 0.1) is 0 Å². The van der Waals surface area contributed by atoms with E-state index in [2.05, 4.69) is 15.4 Å². The molecule has 2 unspecified atom stereocenters. The second-order valence-electron chi connectivity index (χ2n) is 5.95. The van der Waals surface area contributed by atoms with Gasteiger partial charge in [0.2, 0.25) is 11.9 Å². The van der Waals surface area contributed by atoms with Crippen molar-refractivity contribution < 1.29 is 18.0 Å². The highest BCUT2D eigenvalue weighted by Gasteiger charge is 2.38. The zero-order valence-electron chi connectivity index (χ0n) is 13.3. The summed E-state index contributed by atoms with van der Waals surface area (Å²) in [7, 11) is 0. The third kappa shape index (κ3) is 3.00. The van der Waals surface area contributed by atoms with Crippen molar-refractivity contribution in [1.82, 2.24) is 14.8 Å². The van der Waals surface area contributed by atoms with Gasteiger partial charge < -0.3 is 0 Å². The number of rotatable bonds is 2. The van der Waals surface area contributed by atoms with E-state index in [1.165, 1.54) is 19.1 Å². The van der Waals surface area contributed by atoms with Crippen molar-refractivity contribution in [1.29, 1.82) is 0 Å². The maximum atomic E-state index is 13.3. The number of aryl methyl sites for hydroxylation is 1. The Bertz CT molecular complexity index is 769. The van der Waals surface area contributed by atoms with Crippen LogP contribution in [-0.4, -0.2) is 20.7 Å². The monoisotopic (exact) mass is 338 g/mol. The molecule has 2 aromatic rings. The van der Waals surface area contributed by atoms with Crippen molar-refractivity contribution in [3.05, 3.63) is 41.2 Å². The molecule has 0 saturated carbocycles. The van der Waals surface area contributed by atoms with Gasteiger partial charge in [0.1, 0.15) is 5.82 Å². The molecule has 2 atom stereocenters. The van der Waals surface area contributed by atoms with Crippen molar-refractivity contribution in [2.45, 2.75) is 44.8 Å². The van der Waals surface area contributed by atoms with Crippen LogP contribution >= 0.6 is 0 Å². The third-order valence-corrected chi connectivity index (χ3v) is 4.30. The molecule has 2 heterocycles. The van der Waals surface area contributed by atoms with Crippen molar-refractivity contribution in [2.24, 2.45) is 0 Å². The number of anilines is 1. The minimum absolute atomic E-state index is 0.189. The molecule has 1 aliphatic heterocycles. The first kappa shape index (κ1) is 16.5. The lowest BCUT2D eigenvalue weighted by atomic mass is 9.83. The van der Waals surface area contributed by atoms with Gasteiger partial charge in [0.15, 0.2) is 0 Å². The van der Waals surface area contributed by atoms with E-state index in [4.69, 9.17) is 0 Å². The Labute approximate surface area is 136 Å². The molecule has 0 fully saturated rings. The van der Waals surface area contributed by atoms with Gasteiger partial charge in [-0.2, -0.15) is 18.2 Å². The number of nitrogens with zero attached hydrogens (tertiary/aromatic N) is 3. The number of nitrogens with one attached hydrogen (secondary N) is 1. The molecule has 1 aromatic carbocycles. The van der Waals surface area contributed by atoms with Crippen LogP contribution in [0.2, 0.25) is 0 Å². The smallest absolute Gasteiger partial charge is 0.293 e. The number of hydrogen-bond acceptors (Lipinski definition) is 3. The summed E-state index contributed by atoms with van der Waals surface area (Å²) < 4.78 is 41.5. The van der Waals surface area contributed by atoms with E-state index in [0.717, 1.165) is 6.07 Å². The van der Waals surface area contributed by atoms with E-state index in [9.17, 15) is 18.0 Å². The number of amides is 1. The number of alkyl halides is 3. The largest absolute Gasteiger partial charge is 0.416 e. The predicted octanol–water partition coefficient (Wildman–Crippen LogP) is 3.55. The first-order valence-electron chi connectivity index (χ1n) is 7.66. The molecule has 0 spiro atoms. The number of hydrogen-bond donors (Lipinski definition) is 1. The molecule has 1 N–H and O–H groups in total. The minimum Gasteiger partial charge on any atom is -0.293 e. The average molecular weight is 338 g/mol. The van der Waals surface area contributed by atoms with E-state index in [-0.39, 0.29) is 29.4 Å². The highest BCUT2D eigenvalue weighted by molar-refractivity contribution is 5.86. The van der Waals surface area contributed by atoms with Crippen LogP contribution in [0.4, 0.5) is 19.1 Å². The number of carbonyl (C=O) groups excluding carboxylic acids is 1. The van der Waals surface area contributed by atoms with E-state index in [0.29, 0.717) is 18.7 Å². The van der Waals surface area contributed by atoms with Crippen molar-refractivity contribution >= 4 is 11.9 Å². The maximum absolute atomic E-state index is 13.3. The molecule has 128 valence electrons. The molecule has 1 amide bonds. The van der Waals surface area contributed by atoms with Crippen molar-refractivity contribution in [2.75, 3.05) is 5.32 Å². The normalized spacial score (nSPS) is 20.5. The van der Waals surface area contributed by atoms with Gasteiger partial charge in [0.05, 0.1) is 11.6 Å². The van der Waals surface area contributed by atoms with Gasteiger partial charge in [0.25, 0.3) is 0 Å². The molecular formula is C16H17F3N4O. The molecule has 24 heavy (non-hydrogen) atoms. The van der Waals surface area contributed by atoms with Gasteiger partial charge >= 0.3 is 6.18 Å². The molecule has 0 saturated heterocycles. The summed E-state index contributed by atoms with van der Waals surface area (Å²) in [6, 6.07) is 5.38. The Morgan fingerprint density at radius 3 is 2.71 bits per heavy atom.